The van der Waals surface area contributed by atoms with Crippen LogP contribution in [0.5, 0.6) is 0 Å². The van der Waals surface area contributed by atoms with Crippen molar-refractivity contribution in [1.29, 1.82) is 0 Å². The van der Waals surface area contributed by atoms with Crippen molar-refractivity contribution in [3.05, 3.63) is 179 Å². The number of nitrogens with zero attached hydrogens (tertiary/aromatic N) is 2. The molecule has 2 aliphatic heterocycles. The maximum Gasteiger partial charge on any atom is -1.00 e. The Morgan fingerprint density at radius 2 is 0.694 bits per heavy atom. The zero-order valence-electron chi connectivity index (χ0n) is 26.1. The fourth-order valence-corrected chi connectivity index (χ4v) is 12.7. The summed E-state index contributed by atoms with van der Waals surface area (Å²) in [4.78, 5) is 10.4. The van der Waals surface area contributed by atoms with E-state index in [1.54, 1.807) is 0 Å². The predicted molar refractivity (Wildman–Crippen MR) is 193 cm³/mol. The fourth-order valence-electron chi connectivity index (χ4n) is 7.48. The maximum atomic E-state index is 2.59. The molecule has 0 radical (unpaired) electrons. The third kappa shape index (κ3) is 5.33. The number of hydrogen-bond donors (Lipinski definition) is 0. The number of hydrogen-bond acceptors (Lipinski definition) is 4. The van der Waals surface area contributed by atoms with E-state index in [1.165, 1.54) is 76.0 Å². The van der Waals surface area contributed by atoms with E-state index in [0.29, 0.717) is 8.45 Å². The molecular weight excluding hydrogens is 715 g/mol. The van der Waals surface area contributed by atoms with Gasteiger partial charge in [-0.25, -0.2) is 0 Å². The first-order valence-corrected chi connectivity index (χ1v) is 19.4. The largest absolute Gasteiger partial charge is 1.00 e. The van der Waals surface area contributed by atoms with Crippen molar-refractivity contribution in [3.63, 3.8) is 0 Å². The van der Waals surface area contributed by atoms with Crippen LogP contribution in [0.2, 0.25) is 0 Å². The summed E-state index contributed by atoms with van der Waals surface area (Å²) in [7, 11) is 0. The van der Waals surface area contributed by atoms with E-state index < -0.39 is 19.2 Å². The molecule has 2 aliphatic carbocycles. The van der Waals surface area contributed by atoms with Gasteiger partial charge in [0.1, 0.15) is 0 Å². The molecule has 0 fully saturated rings. The van der Waals surface area contributed by atoms with E-state index >= 15 is 0 Å². The van der Waals surface area contributed by atoms with Crippen LogP contribution in [0.3, 0.4) is 0 Å². The van der Waals surface area contributed by atoms with Crippen molar-refractivity contribution in [2.45, 2.75) is 28.0 Å². The SMILES string of the molecule is C1=C(N2c3ccccc3Sc3ccccc32)[CH]([Ti+2][CH]2C(N3c4ccccc4Sc4ccccc43)=Cc3ccccc32)c2ccccc21.[Cl-].[Cl-]. The summed E-state index contributed by atoms with van der Waals surface area (Å²) >= 11 is 3.08. The standard InChI is InChI=1S/2C21H14NS.2ClH.Ti/c2*1-2-8-16-14-17(13-15(16)7-1)22-18-9-3-5-11-20(18)23-21-12-6-4-10-19(21)22;;;/h2*1-14H;2*1H;/q;;;;+2/p-2. The molecule has 2 unspecified atom stereocenters. The molecule has 0 N–H and O–H groups in total. The van der Waals surface area contributed by atoms with Crippen LogP contribution < -0.4 is 34.6 Å². The van der Waals surface area contributed by atoms with Gasteiger partial charge in [0.15, 0.2) is 0 Å². The van der Waals surface area contributed by atoms with Crippen LogP contribution in [-0.2, 0) is 19.2 Å². The van der Waals surface area contributed by atoms with E-state index in [2.05, 4.69) is 168 Å². The molecule has 0 saturated carbocycles. The molecule has 0 spiro atoms. The van der Waals surface area contributed by atoms with Gasteiger partial charge in [0.25, 0.3) is 0 Å². The van der Waals surface area contributed by atoms with Crippen molar-refractivity contribution < 1.29 is 44.0 Å². The van der Waals surface area contributed by atoms with Gasteiger partial charge in [0, 0.05) is 0 Å². The Morgan fingerprint density at radius 1 is 0.388 bits per heavy atom. The van der Waals surface area contributed by atoms with E-state index in [-0.39, 0.29) is 24.8 Å². The summed E-state index contributed by atoms with van der Waals surface area (Å²) < 4.78 is 0.666. The first-order chi connectivity index (χ1) is 23.3. The molecule has 0 amide bonds. The van der Waals surface area contributed by atoms with Crippen LogP contribution in [0.15, 0.2) is 177 Å². The van der Waals surface area contributed by atoms with Gasteiger partial charge in [-0.3, -0.25) is 0 Å². The molecule has 236 valence electrons. The summed E-state index contributed by atoms with van der Waals surface area (Å²) in [5.41, 5.74) is 13.6. The molecule has 0 aromatic heterocycles. The smallest absolute Gasteiger partial charge is 1.00 e. The van der Waals surface area contributed by atoms with E-state index in [9.17, 15) is 0 Å². The Bertz CT molecular complexity index is 2050. The zero-order valence-corrected chi connectivity index (χ0v) is 30.8. The van der Waals surface area contributed by atoms with Crippen molar-refractivity contribution >= 4 is 58.4 Å². The zero-order chi connectivity index (χ0) is 30.9. The number of rotatable bonds is 4. The van der Waals surface area contributed by atoms with Crippen LogP contribution in [0.1, 0.15) is 30.7 Å². The summed E-state index contributed by atoms with van der Waals surface area (Å²) in [6.07, 6.45) is 4.97. The minimum absolute atomic E-state index is 0. The number of fused-ring (bicyclic) bond motifs is 6. The second-order valence-electron chi connectivity index (χ2n) is 12.2. The van der Waals surface area contributed by atoms with Gasteiger partial charge in [-0.1, -0.05) is 0 Å². The average molecular weight is 744 g/mol. The normalized spacial score (nSPS) is 17.4. The molecule has 0 bridgehead atoms. The van der Waals surface area contributed by atoms with Gasteiger partial charge in [0.2, 0.25) is 0 Å². The van der Waals surface area contributed by atoms with E-state index in [4.69, 9.17) is 0 Å². The molecule has 2 heterocycles. The summed E-state index contributed by atoms with van der Waals surface area (Å²) in [5, 5.41) is 0. The first kappa shape index (κ1) is 32.6. The monoisotopic (exact) mass is 742 g/mol. The van der Waals surface area contributed by atoms with Crippen LogP contribution in [0.25, 0.3) is 12.2 Å². The maximum absolute atomic E-state index is 2.59. The molecule has 7 heteroatoms. The van der Waals surface area contributed by atoms with Crippen molar-refractivity contribution in [2.75, 3.05) is 9.80 Å². The Balaban J connectivity index is 0.00000174. The number of allylic oxidation sites excluding steroid dienone is 2. The van der Waals surface area contributed by atoms with Gasteiger partial charge in [-0.15, -0.1) is 0 Å². The second kappa shape index (κ2) is 13.3. The molecule has 6 aromatic carbocycles. The molecule has 49 heavy (non-hydrogen) atoms. The summed E-state index contributed by atoms with van der Waals surface area (Å²) in [6.45, 7) is 0. The third-order valence-corrected chi connectivity index (χ3v) is 14.7. The van der Waals surface area contributed by atoms with Gasteiger partial charge >= 0.3 is 295 Å². The Kier molecular flexibility index (Phi) is 8.82. The van der Waals surface area contributed by atoms with Crippen molar-refractivity contribution in [2.24, 2.45) is 0 Å². The number of anilines is 4. The molecule has 4 aliphatic rings. The summed E-state index contributed by atoms with van der Waals surface area (Å²) in [5.74, 6) is 0. The molecule has 10 rings (SSSR count). The van der Waals surface area contributed by atoms with Gasteiger partial charge in [-0.2, -0.15) is 0 Å². The van der Waals surface area contributed by atoms with Gasteiger partial charge < -0.3 is 24.8 Å². The third-order valence-electron chi connectivity index (χ3n) is 9.53. The Morgan fingerprint density at radius 3 is 1.06 bits per heavy atom. The van der Waals surface area contributed by atoms with Crippen LogP contribution in [0.4, 0.5) is 22.7 Å². The van der Waals surface area contributed by atoms with Gasteiger partial charge in [0.05, 0.1) is 0 Å². The van der Waals surface area contributed by atoms with E-state index in [1.807, 2.05) is 23.5 Å². The minimum Gasteiger partial charge on any atom is -1.00 e. The van der Waals surface area contributed by atoms with Crippen LogP contribution in [-0.4, -0.2) is 0 Å². The molecular formula is C42H28Cl2N2S2Ti. The van der Waals surface area contributed by atoms with E-state index in [0.717, 1.165) is 0 Å². The number of para-hydroxylation sites is 4. The van der Waals surface area contributed by atoms with Crippen molar-refractivity contribution in [1.82, 2.24) is 0 Å². The molecule has 2 nitrogen and oxygen atoms in total. The van der Waals surface area contributed by atoms with Crippen molar-refractivity contribution in [3.8, 4) is 0 Å². The molecule has 6 aromatic rings. The number of benzene rings is 6. The Labute approximate surface area is 317 Å². The topological polar surface area (TPSA) is 6.48 Å². The summed E-state index contributed by atoms with van der Waals surface area (Å²) in [6, 6.07) is 53.9. The minimum atomic E-state index is -0.688. The Hall–Kier alpha value is -3.61. The molecule has 2 atom stereocenters. The average Bonchev–Trinajstić information content (AvgIpc) is 3.67. The van der Waals surface area contributed by atoms with Crippen LogP contribution >= 0.6 is 23.5 Å². The quantitative estimate of drug-likeness (QED) is 0.209. The number of halogens is 2. The molecule has 0 saturated heterocycles. The van der Waals surface area contributed by atoms with Gasteiger partial charge in [-0.05, 0) is 0 Å². The first-order valence-electron chi connectivity index (χ1n) is 16.0. The van der Waals surface area contributed by atoms with Crippen LogP contribution in [0, 0.1) is 0 Å². The second-order valence-corrected chi connectivity index (χ2v) is 16.7. The fraction of sp³-hybridized carbons (Fsp3) is 0.0476. The predicted octanol–water partition coefficient (Wildman–Crippen LogP) is 5.87.